The number of likely N-dealkylation sites (tertiary alicyclic amines) is 1. The first-order valence-electron chi connectivity index (χ1n) is 13.6. The first-order valence-corrected chi connectivity index (χ1v) is 14.3. The van der Waals surface area contributed by atoms with Gasteiger partial charge in [0.05, 0.1) is 10.0 Å². The minimum atomic E-state index is -0.747. The molecule has 3 aliphatic rings. The second-order valence-corrected chi connectivity index (χ2v) is 12.0. The van der Waals surface area contributed by atoms with Gasteiger partial charge in [0.15, 0.2) is 0 Å². The summed E-state index contributed by atoms with van der Waals surface area (Å²) >= 11 is 13.1. The van der Waals surface area contributed by atoms with E-state index in [2.05, 4.69) is 34.0 Å². The fraction of sp³-hybridized carbons (Fsp3) is 0.467. The second-order valence-electron chi connectivity index (χ2n) is 11.2. The molecule has 6 rings (SSSR count). The molecule has 1 saturated carbocycles. The number of aromatic nitrogens is 1. The Morgan fingerprint density at radius 3 is 2.58 bits per heavy atom. The van der Waals surface area contributed by atoms with E-state index in [1.165, 1.54) is 5.56 Å². The number of fused-ring (bicyclic) bond motifs is 1. The lowest BCUT2D eigenvalue weighted by atomic mass is 9.84. The maximum Gasteiger partial charge on any atom is 0.312 e. The summed E-state index contributed by atoms with van der Waals surface area (Å²) in [4.78, 5) is 16.3. The summed E-state index contributed by atoms with van der Waals surface area (Å²) in [5.74, 6) is 0.741. The highest BCUT2D eigenvalue weighted by atomic mass is 35.5. The third-order valence-electron chi connectivity index (χ3n) is 8.70. The van der Waals surface area contributed by atoms with Crippen molar-refractivity contribution in [2.24, 2.45) is 0 Å². The van der Waals surface area contributed by atoms with Gasteiger partial charge in [0.2, 0.25) is 0 Å². The molecule has 0 radical (unpaired) electrons. The van der Waals surface area contributed by atoms with Crippen LogP contribution in [0.1, 0.15) is 72.8 Å². The maximum atomic E-state index is 11.7. The predicted molar refractivity (Wildman–Crippen MR) is 151 cm³/mol. The van der Waals surface area contributed by atoms with Gasteiger partial charge >= 0.3 is 5.97 Å². The number of likely N-dealkylation sites (N-methyl/N-ethyl adjacent to an activating group) is 1. The molecule has 38 heavy (non-hydrogen) atoms. The average Bonchev–Trinajstić information content (AvgIpc) is 3.57. The monoisotopic (exact) mass is 553 g/mol. The molecule has 0 amide bonds. The van der Waals surface area contributed by atoms with Crippen molar-refractivity contribution in [3.8, 4) is 11.3 Å². The molecule has 2 aromatic carbocycles. The highest BCUT2D eigenvalue weighted by Gasteiger charge is 2.35. The molecule has 2 fully saturated rings. The van der Waals surface area contributed by atoms with Crippen molar-refractivity contribution in [3.63, 3.8) is 0 Å². The van der Waals surface area contributed by atoms with Crippen LogP contribution >= 0.6 is 23.2 Å². The standard InChI is InChI=1S/C30H33Cl2N3O3/c1-17-14-20(19-8-9-21-23(30(36)37)16-34(2)26(21)15-19)10-12-35(17)13-11-22-28(33-38-29(22)18-6-7-18)27-24(31)4-3-5-25(27)32/h3-5,8-9,15,17-18,20,23H,6-7,10-14,16H2,1-2H3,(H,36,37). The summed E-state index contributed by atoms with van der Waals surface area (Å²) < 4.78 is 5.87. The smallest absolute Gasteiger partial charge is 0.312 e. The number of benzene rings is 2. The molecule has 3 heterocycles. The Hall–Kier alpha value is -2.54. The van der Waals surface area contributed by atoms with Crippen LogP contribution in [-0.4, -0.2) is 53.9 Å². The van der Waals surface area contributed by atoms with Crippen LogP contribution in [-0.2, 0) is 11.2 Å². The average molecular weight is 555 g/mol. The molecule has 200 valence electrons. The fourth-order valence-electron chi connectivity index (χ4n) is 6.38. The second kappa shape index (κ2) is 10.2. The minimum absolute atomic E-state index is 0.433. The third-order valence-corrected chi connectivity index (χ3v) is 9.33. The van der Waals surface area contributed by atoms with Gasteiger partial charge in [0.1, 0.15) is 17.4 Å². The van der Waals surface area contributed by atoms with E-state index in [0.717, 1.165) is 79.0 Å². The van der Waals surface area contributed by atoms with Gasteiger partial charge in [-0.3, -0.25) is 4.79 Å². The van der Waals surface area contributed by atoms with Crippen molar-refractivity contribution in [1.82, 2.24) is 10.1 Å². The van der Waals surface area contributed by atoms with E-state index in [0.29, 0.717) is 34.5 Å². The van der Waals surface area contributed by atoms with Gasteiger partial charge in [-0.15, -0.1) is 0 Å². The van der Waals surface area contributed by atoms with Crippen molar-refractivity contribution in [2.45, 2.75) is 62.8 Å². The first kappa shape index (κ1) is 25.7. The number of carbonyl (C=O) groups is 1. The lowest BCUT2D eigenvalue weighted by molar-refractivity contribution is -0.138. The van der Waals surface area contributed by atoms with E-state index < -0.39 is 11.9 Å². The highest BCUT2D eigenvalue weighted by molar-refractivity contribution is 6.39. The van der Waals surface area contributed by atoms with Crippen molar-refractivity contribution in [2.75, 3.05) is 31.6 Å². The molecule has 6 nitrogen and oxygen atoms in total. The van der Waals surface area contributed by atoms with Crippen molar-refractivity contribution in [3.05, 3.63) is 68.9 Å². The number of carboxylic acids is 1. The Labute approximate surface area is 233 Å². The van der Waals surface area contributed by atoms with Crippen LogP contribution < -0.4 is 4.90 Å². The van der Waals surface area contributed by atoms with Gasteiger partial charge in [-0.1, -0.05) is 46.6 Å². The summed E-state index contributed by atoms with van der Waals surface area (Å²) in [7, 11) is 1.99. The topological polar surface area (TPSA) is 69.8 Å². The van der Waals surface area contributed by atoms with Crippen molar-refractivity contribution in [1.29, 1.82) is 0 Å². The van der Waals surface area contributed by atoms with Crippen LogP contribution in [0.15, 0.2) is 40.9 Å². The lowest BCUT2D eigenvalue weighted by Gasteiger charge is -2.38. The van der Waals surface area contributed by atoms with E-state index in [1.54, 1.807) is 0 Å². The summed E-state index contributed by atoms with van der Waals surface area (Å²) in [5.41, 5.74) is 6.01. The van der Waals surface area contributed by atoms with E-state index in [9.17, 15) is 9.90 Å². The van der Waals surface area contributed by atoms with Gasteiger partial charge in [0, 0.05) is 48.9 Å². The Kier molecular flexibility index (Phi) is 6.91. The molecule has 3 atom stereocenters. The van der Waals surface area contributed by atoms with Crippen LogP contribution in [0, 0.1) is 0 Å². The number of carboxylic acid groups (broad SMARTS) is 1. The van der Waals surface area contributed by atoms with Gasteiger partial charge < -0.3 is 19.4 Å². The van der Waals surface area contributed by atoms with Crippen molar-refractivity contribution >= 4 is 34.9 Å². The molecule has 1 aromatic heterocycles. The molecule has 3 aromatic rings. The fourth-order valence-corrected chi connectivity index (χ4v) is 6.96. The number of halogens is 2. The van der Waals surface area contributed by atoms with Crippen LogP contribution in [0.2, 0.25) is 10.0 Å². The highest BCUT2D eigenvalue weighted by Crippen LogP contribution is 2.46. The number of aliphatic carboxylic acids is 1. The molecule has 2 aliphatic heterocycles. The van der Waals surface area contributed by atoms with Crippen LogP contribution in [0.3, 0.4) is 0 Å². The van der Waals surface area contributed by atoms with E-state index in [-0.39, 0.29) is 0 Å². The molecule has 8 heteroatoms. The largest absolute Gasteiger partial charge is 0.481 e. The van der Waals surface area contributed by atoms with E-state index >= 15 is 0 Å². The molecule has 1 aliphatic carbocycles. The molecule has 1 N–H and O–H groups in total. The molecule has 0 bridgehead atoms. The lowest BCUT2D eigenvalue weighted by Crippen LogP contribution is -2.41. The zero-order valence-electron chi connectivity index (χ0n) is 21.8. The maximum absolute atomic E-state index is 11.7. The number of hydrogen-bond acceptors (Lipinski definition) is 5. The molecular formula is C30H33Cl2N3O3. The molecule has 1 saturated heterocycles. The summed E-state index contributed by atoms with van der Waals surface area (Å²) in [5, 5.41) is 15.2. The van der Waals surface area contributed by atoms with E-state index in [4.69, 9.17) is 27.7 Å². The van der Waals surface area contributed by atoms with Crippen LogP contribution in [0.5, 0.6) is 0 Å². The number of hydrogen-bond donors (Lipinski definition) is 1. The van der Waals surface area contributed by atoms with E-state index in [1.807, 2.05) is 31.3 Å². The Morgan fingerprint density at radius 2 is 1.89 bits per heavy atom. The predicted octanol–water partition coefficient (Wildman–Crippen LogP) is 6.95. The Balaban J connectivity index is 1.16. The molecule has 3 unspecified atom stereocenters. The van der Waals surface area contributed by atoms with Gasteiger partial charge in [-0.05, 0) is 80.8 Å². The van der Waals surface area contributed by atoms with Crippen LogP contribution in [0.25, 0.3) is 11.3 Å². The van der Waals surface area contributed by atoms with Crippen LogP contribution in [0.4, 0.5) is 5.69 Å². The summed E-state index contributed by atoms with van der Waals surface area (Å²) in [6.45, 7) is 4.79. The SMILES string of the molecule is CC1CC(c2ccc3c(c2)N(C)CC3C(=O)O)CCN1CCc1c(-c2c(Cl)cccc2Cl)noc1C1CC1. The van der Waals surface area contributed by atoms with Gasteiger partial charge in [-0.25, -0.2) is 0 Å². The number of nitrogens with zero attached hydrogens (tertiary/aromatic N) is 3. The van der Waals surface area contributed by atoms with Gasteiger partial charge in [0.25, 0.3) is 0 Å². The third kappa shape index (κ3) is 4.72. The molecular weight excluding hydrogens is 521 g/mol. The van der Waals surface area contributed by atoms with Gasteiger partial charge in [-0.2, -0.15) is 0 Å². The number of rotatable bonds is 7. The Bertz CT molecular complexity index is 1350. The normalized spacial score (nSPS) is 23.6. The zero-order valence-corrected chi connectivity index (χ0v) is 23.3. The molecule has 0 spiro atoms. The quantitative estimate of drug-likeness (QED) is 0.341. The number of piperidine rings is 1. The Morgan fingerprint density at radius 1 is 1.13 bits per heavy atom. The minimum Gasteiger partial charge on any atom is -0.481 e. The summed E-state index contributed by atoms with van der Waals surface area (Å²) in [6, 6.07) is 12.4. The summed E-state index contributed by atoms with van der Waals surface area (Å²) in [6.07, 6.45) is 5.29. The first-order chi connectivity index (χ1) is 18.3. The van der Waals surface area contributed by atoms with Crippen molar-refractivity contribution < 1.29 is 14.4 Å². The number of anilines is 1. The zero-order chi connectivity index (χ0) is 26.6.